The number of hydrogen-bond acceptors (Lipinski definition) is 8. The van der Waals surface area contributed by atoms with Crippen LogP contribution in [-0.2, 0) is 4.79 Å². The average molecular weight is 378 g/mol. The zero-order chi connectivity index (χ0) is 18.9. The van der Waals surface area contributed by atoms with Crippen LogP contribution in [-0.4, -0.2) is 48.7 Å². The Morgan fingerprint density at radius 3 is 2.81 bits per heavy atom. The number of urea groups is 1. The third kappa shape index (κ3) is 5.24. The number of hydrogen-bond donors (Lipinski definition) is 2. The number of imide groups is 1. The van der Waals surface area contributed by atoms with E-state index in [4.69, 9.17) is 13.9 Å². The summed E-state index contributed by atoms with van der Waals surface area (Å²) in [7, 11) is 3.07. The lowest BCUT2D eigenvalue weighted by atomic mass is 10.2. The van der Waals surface area contributed by atoms with Crippen molar-refractivity contribution in [2.75, 3.05) is 26.5 Å². The Balaban J connectivity index is 1.97. The number of ether oxygens (including phenoxy) is 2. The van der Waals surface area contributed by atoms with Crippen molar-refractivity contribution in [1.29, 1.82) is 0 Å². The van der Waals surface area contributed by atoms with Crippen molar-refractivity contribution in [3.05, 3.63) is 30.9 Å². The lowest BCUT2D eigenvalue weighted by molar-refractivity contribution is -0.117. The van der Waals surface area contributed by atoms with Gasteiger partial charge >= 0.3 is 6.03 Å². The molecule has 9 nitrogen and oxygen atoms in total. The van der Waals surface area contributed by atoms with Gasteiger partial charge in [0.1, 0.15) is 11.5 Å². The Kier molecular flexibility index (Phi) is 7.03. The molecule has 1 aromatic carbocycles. The molecular formula is C16H18N4O5S. The van der Waals surface area contributed by atoms with Crippen LogP contribution in [0.1, 0.15) is 0 Å². The molecule has 0 radical (unpaired) electrons. The van der Waals surface area contributed by atoms with Crippen LogP contribution >= 0.6 is 11.8 Å². The van der Waals surface area contributed by atoms with E-state index in [1.54, 1.807) is 25.3 Å². The summed E-state index contributed by atoms with van der Waals surface area (Å²) in [5.74, 6) is 0.852. The minimum Gasteiger partial charge on any atom is -0.497 e. The molecule has 0 saturated heterocycles. The molecule has 2 aromatic rings. The van der Waals surface area contributed by atoms with Gasteiger partial charge in [-0.25, -0.2) is 4.79 Å². The van der Waals surface area contributed by atoms with Gasteiger partial charge in [0.15, 0.2) is 0 Å². The van der Waals surface area contributed by atoms with Crippen LogP contribution in [0.3, 0.4) is 0 Å². The topological polar surface area (TPSA) is 116 Å². The van der Waals surface area contributed by atoms with Gasteiger partial charge in [-0.05, 0) is 12.1 Å². The van der Waals surface area contributed by atoms with Gasteiger partial charge in [0.05, 0.1) is 25.5 Å². The van der Waals surface area contributed by atoms with Crippen molar-refractivity contribution in [3.8, 4) is 23.0 Å². The summed E-state index contributed by atoms with van der Waals surface area (Å²) in [5.41, 5.74) is 0.598. The molecule has 2 rings (SSSR count). The van der Waals surface area contributed by atoms with E-state index in [1.165, 1.54) is 13.2 Å². The highest BCUT2D eigenvalue weighted by Gasteiger charge is 2.16. The highest BCUT2D eigenvalue weighted by Crippen LogP contribution is 2.33. The lowest BCUT2D eigenvalue weighted by Gasteiger charge is -2.07. The van der Waals surface area contributed by atoms with Crippen LogP contribution in [0.4, 0.5) is 4.79 Å². The predicted octanol–water partition coefficient (Wildman–Crippen LogP) is 1.86. The first kappa shape index (κ1) is 19.3. The highest BCUT2D eigenvalue weighted by atomic mass is 32.2. The van der Waals surface area contributed by atoms with Gasteiger partial charge in [0.2, 0.25) is 5.91 Å². The number of methoxy groups -OCH3 is 2. The van der Waals surface area contributed by atoms with E-state index in [0.717, 1.165) is 11.8 Å². The molecule has 138 valence electrons. The molecule has 0 unspecified atom stereocenters. The van der Waals surface area contributed by atoms with E-state index in [9.17, 15) is 9.59 Å². The second-order valence-electron chi connectivity index (χ2n) is 4.77. The van der Waals surface area contributed by atoms with Gasteiger partial charge in [-0.3, -0.25) is 10.1 Å². The van der Waals surface area contributed by atoms with Crippen LogP contribution < -0.4 is 20.1 Å². The first-order chi connectivity index (χ1) is 12.6. The van der Waals surface area contributed by atoms with Gasteiger partial charge in [0.25, 0.3) is 11.1 Å². The molecule has 1 aromatic heterocycles. The van der Waals surface area contributed by atoms with Crippen molar-refractivity contribution >= 4 is 23.7 Å². The van der Waals surface area contributed by atoms with Gasteiger partial charge in [-0.1, -0.05) is 17.8 Å². The minimum atomic E-state index is -0.593. The molecular weight excluding hydrogens is 360 g/mol. The summed E-state index contributed by atoms with van der Waals surface area (Å²) in [6.07, 6.45) is 1.51. The van der Waals surface area contributed by atoms with Gasteiger partial charge in [-0.2, -0.15) is 0 Å². The van der Waals surface area contributed by atoms with E-state index < -0.39 is 11.9 Å². The zero-order valence-electron chi connectivity index (χ0n) is 14.3. The largest absolute Gasteiger partial charge is 0.497 e. The molecule has 0 fully saturated rings. The normalized spacial score (nSPS) is 10.1. The van der Waals surface area contributed by atoms with E-state index in [2.05, 4.69) is 27.4 Å². The Bertz CT molecular complexity index is 793. The van der Waals surface area contributed by atoms with Crippen molar-refractivity contribution in [1.82, 2.24) is 20.8 Å². The summed E-state index contributed by atoms with van der Waals surface area (Å²) in [6.45, 7) is 3.73. The fourth-order valence-electron chi connectivity index (χ4n) is 1.85. The summed E-state index contributed by atoms with van der Waals surface area (Å²) in [5, 5.41) is 12.6. The van der Waals surface area contributed by atoms with Gasteiger partial charge in [-0.15, -0.1) is 16.8 Å². The standard InChI is InChI=1S/C16H18N4O5S/c1-4-7-17-15(22)18-13(21)9-26-16-20-19-14(25-16)11-6-5-10(23-2)8-12(11)24-3/h4-6,8H,1,7,9H2,2-3H3,(H2,17,18,21,22). The number of thioether (sulfide) groups is 1. The molecule has 0 aliphatic rings. The van der Waals surface area contributed by atoms with E-state index in [-0.39, 0.29) is 23.4 Å². The first-order valence-electron chi connectivity index (χ1n) is 7.44. The molecule has 0 spiro atoms. The SMILES string of the molecule is C=CCNC(=O)NC(=O)CSc1nnc(-c2ccc(OC)cc2OC)o1. The molecule has 10 heteroatoms. The number of benzene rings is 1. The second kappa shape index (κ2) is 9.47. The zero-order valence-corrected chi connectivity index (χ0v) is 15.1. The van der Waals surface area contributed by atoms with Crippen molar-refractivity contribution in [3.63, 3.8) is 0 Å². The number of carbonyl (C=O) groups excluding carboxylic acids is 2. The van der Waals surface area contributed by atoms with E-state index in [0.29, 0.717) is 17.1 Å². The Hall–Kier alpha value is -3.01. The Morgan fingerprint density at radius 2 is 2.12 bits per heavy atom. The second-order valence-corrected chi connectivity index (χ2v) is 5.70. The van der Waals surface area contributed by atoms with Crippen molar-refractivity contribution in [2.45, 2.75) is 5.22 Å². The summed E-state index contributed by atoms with van der Waals surface area (Å²) < 4.78 is 16.0. The number of aromatic nitrogens is 2. The predicted molar refractivity (Wildman–Crippen MR) is 95.3 cm³/mol. The maximum absolute atomic E-state index is 11.7. The third-order valence-electron chi connectivity index (χ3n) is 3.03. The number of nitrogens with one attached hydrogen (secondary N) is 2. The average Bonchev–Trinajstić information content (AvgIpc) is 3.12. The molecule has 2 N–H and O–H groups in total. The van der Waals surface area contributed by atoms with Crippen LogP contribution in [0, 0.1) is 0 Å². The lowest BCUT2D eigenvalue weighted by Crippen LogP contribution is -2.40. The van der Waals surface area contributed by atoms with Crippen molar-refractivity contribution in [2.24, 2.45) is 0 Å². The van der Waals surface area contributed by atoms with Crippen molar-refractivity contribution < 1.29 is 23.5 Å². The molecule has 1 heterocycles. The van der Waals surface area contributed by atoms with Crippen LogP contribution in [0.15, 0.2) is 40.5 Å². The number of nitrogens with zero attached hydrogens (tertiary/aromatic N) is 2. The molecule has 0 bridgehead atoms. The quantitative estimate of drug-likeness (QED) is 0.528. The number of amides is 3. The molecule has 0 aliphatic carbocycles. The van der Waals surface area contributed by atoms with Gasteiger partial charge < -0.3 is 19.2 Å². The van der Waals surface area contributed by atoms with Crippen LogP contribution in [0.25, 0.3) is 11.5 Å². The first-order valence-corrected chi connectivity index (χ1v) is 8.43. The van der Waals surface area contributed by atoms with Gasteiger partial charge in [0, 0.05) is 12.6 Å². The van der Waals surface area contributed by atoms with E-state index in [1.807, 2.05) is 0 Å². The summed E-state index contributed by atoms with van der Waals surface area (Å²) in [4.78, 5) is 23.1. The maximum atomic E-state index is 11.7. The molecule has 0 saturated carbocycles. The maximum Gasteiger partial charge on any atom is 0.321 e. The number of rotatable bonds is 8. The molecule has 3 amide bonds. The molecule has 26 heavy (non-hydrogen) atoms. The monoisotopic (exact) mass is 378 g/mol. The van der Waals surface area contributed by atoms with E-state index >= 15 is 0 Å². The number of carbonyl (C=O) groups is 2. The fourth-order valence-corrected chi connectivity index (χ4v) is 2.41. The Labute approximate surface area is 154 Å². The third-order valence-corrected chi connectivity index (χ3v) is 3.85. The smallest absolute Gasteiger partial charge is 0.321 e. The fraction of sp³-hybridized carbons (Fsp3) is 0.250. The summed E-state index contributed by atoms with van der Waals surface area (Å²) >= 11 is 1.01. The molecule has 0 aliphatic heterocycles. The summed E-state index contributed by atoms with van der Waals surface area (Å²) in [6, 6.07) is 4.58. The van der Waals surface area contributed by atoms with Crippen LogP contribution in [0.2, 0.25) is 0 Å². The highest BCUT2D eigenvalue weighted by molar-refractivity contribution is 7.99. The molecule has 0 atom stereocenters. The van der Waals surface area contributed by atoms with Crippen LogP contribution in [0.5, 0.6) is 11.5 Å². The Morgan fingerprint density at radius 1 is 1.31 bits per heavy atom. The minimum absolute atomic E-state index is 0.0527.